The molecule has 18 heavy (non-hydrogen) atoms. The number of rotatable bonds is 7. The maximum Gasteiger partial charge on any atom is 0.155 e. The fourth-order valence-corrected chi connectivity index (χ4v) is 1.96. The van der Waals surface area contributed by atoms with Crippen molar-refractivity contribution in [2.45, 2.75) is 72.4 Å². The summed E-state index contributed by atoms with van der Waals surface area (Å²) in [5.74, 6) is 0.321. The average molecular weight is 256 g/mol. The molecular weight excluding hydrogens is 224 g/mol. The van der Waals surface area contributed by atoms with Crippen LogP contribution >= 0.6 is 0 Å². The first-order valence-corrected chi connectivity index (χ1v) is 7.04. The molecular formula is C15H32N2O. The molecule has 0 spiro atoms. The van der Waals surface area contributed by atoms with Crippen LogP contribution in [0.15, 0.2) is 0 Å². The molecule has 3 heteroatoms. The van der Waals surface area contributed by atoms with Crippen molar-refractivity contribution < 1.29 is 4.79 Å². The highest BCUT2D eigenvalue weighted by molar-refractivity contribution is 5.88. The van der Waals surface area contributed by atoms with Gasteiger partial charge in [-0.15, -0.1) is 0 Å². The van der Waals surface area contributed by atoms with Crippen LogP contribution in [0.5, 0.6) is 0 Å². The third kappa shape index (κ3) is 7.83. The Morgan fingerprint density at radius 1 is 1.06 bits per heavy atom. The average Bonchev–Trinajstić information content (AvgIpc) is 2.18. The van der Waals surface area contributed by atoms with Crippen molar-refractivity contribution in [2.24, 2.45) is 5.41 Å². The third-order valence-electron chi connectivity index (χ3n) is 2.83. The van der Waals surface area contributed by atoms with Crippen LogP contribution in [0.1, 0.15) is 60.8 Å². The van der Waals surface area contributed by atoms with Gasteiger partial charge in [-0.25, -0.2) is 0 Å². The molecule has 0 unspecified atom stereocenters. The molecule has 0 aliphatic carbocycles. The molecule has 0 rings (SSSR count). The van der Waals surface area contributed by atoms with Crippen LogP contribution in [-0.4, -0.2) is 31.0 Å². The summed E-state index contributed by atoms with van der Waals surface area (Å²) < 4.78 is 0. The van der Waals surface area contributed by atoms with Crippen LogP contribution in [0.2, 0.25) is 0 Å². The molecule has 0 saturated heterocycles. The Morgan fingerprint density at radius 2 is 1.61 bits per heavy atom. The van der Waals surface area contributed by atoms with Gasteiger partial charge in [-0.05, 0) is 47.2 Å². The Morgan fingerprint density at radius 3 is 2.00 bits per heavy atom. The summed E-state index contributed by atoms with van der Waals surface area (Å²) in [4.78, 5) is 12.4. The van der Waals surface area contributed by atoms with E-state index in [1.54, 1.807) is 0 Å². The molecule has 1 atom stereocenters. The van der Waals surface area contributed by atoms with Crippen molar-refractivity contribution in [3.05, 3.63) is 0 Å². The van der Waals surface area contributed by atoms with E-state index in [1.807, 2.05) is 27.8 Å². The van der Waals surface area contributed by atoms with Gasteiger partial charge in [-0.3, -0.25) is 4.79 Å². The molecule has 0 saturated carbocycles. The molecule has 108 valence electrons. The van der Waals surface area contributed by atoms with Crippen LogP contribution in [0, 0.1) is 5.41 Å². The Kier molecular flexibility index (Phi) is 7.08. The zero-order valence-electron chi connectivity index (χ0n) is 13.3. The van der Waals surface area contributed by atoms with Gasteiger partial charge in [-0.1, -0.05) is 27.2 Å². The number of nitrogens with one attached hydrogen (secondary N) is 2. The van der Waals surface area contributed by atoms with Gasteiger partial charge in [-0.2, -0.15) is 0 Å². The minimum Gasteiger partial charge on any atom is -0.320 e. The van der Waals surface area contributed by atoms with Gasteiger partial charge in [0.1, 0.15) is 0 Å². The zero-order chi connectivity index (χ0) is 14.4. The van der Waals surface area contributed by atoms with Crippen LogP contribution in [0.25, 0.3) is 0 Å². The number of hydrogen-bond donors (Lipinski definition) is 2. The van der Waals surface area contributed by atoms with E-state index in [4.69, 9.17) is 0 Å². The second kappa shape index (κ2) is 7.25. The number of unbranched alkanes of at least 4 members (excludes halogenated alkanes) is 1. The van der Waals surface area contributed by atoms with Crippen LogP contribution < -0.4 is 10.6 Å². The van der Waals surface area contributed by atoms with E-state index >= 15 is 0 Å². The van der Waals surface area contributed by atoms with Gasteiger partial charge in [0.2, 0.25) is 0 Å². The molecule has 0 aliphatic rings. The summed E-state index contributed by atoms with van der Waals surface area (Å²) in [7, 11) is 1.96. The van der Waals surface area contributed by atoms with E-state index in [1.165, 1.54) is 0 Å². The Balaban J connectivity index is 4.49. The predicted molar refractivity (Wildman–Crippen MR) is 78.9 cm³/mol. The Bertz CT molecular complexity index is 248. The number of carbonyl (C=O) groups excluding carboxylic acids is 1. The van der Waals surface area contributed by atoms with Crippen molar-refractivity contribution in [1.29, 1.82) is 0 Å². The summed E-state index contributed by atoms with van der Waals surface area (Å²) in [6.07, 6.45) is 3.13. The highest BCUT2D eigenvalue weighted by Crippen LogP contribution is 2.21. The van der Waals surface area contributed by atoms with Crippen molar-refractivity contribution >= 4 is 5.78 Å². The van der Waals surface area contributed by atoms with Crippen LogP contribution in [0.3, 0.4) is 0 Å². The molecule has 0 radical (unpaired) electrons. The topological polar surface area (TPSA) is 41.1 Å². The maximum atomic E-state index is 12.4. The Labute approximate surface area is 113 Å². The summed E-state index contributed by atoms with van der Waals surface area (Å²) in [5.41, 5.74) is -0.291. The zero-order valence-corrected chi connectivity index (χ0v) is 13.3. The minimum absolute atomic E-state index is 0.0193. The van der Waals surface area contributed by atoms with E-state index in [0.717, 1.165) is 25.8 Å². The first kappa shape index (κ1) is 17.6. The predicted octanol–water partition coefficient (Wildman–Crippen LogP) is 2.75. The molecule has 2 N–H and O–H groups in total. The summed E-state index contributed by atoms with van der Waals surface area (Å²) in [6, 6.07) is -0.0261. The molecule has 0 aromatic rings. The van der Waals surface area contributed by atoms with Crippen LogP contribution in [-0.2, 0) is 4.79 Å². The quantitative estimate of drug-likeness (QED) is 0.688. The molecule has 3 nitrogen and oxygen atoms in total. The van der Waals surface area contributed by atoms with E-state index < -0.39 is 0 Å². The number of hydrogen-bond acceptors (Lipinski definition) is 3. The van der Waals surface area contributed by atoms with Gasteiger partial charge in [0.15, 0.2) is 5.78 Å². The minimum atomic E-state index is -0.272. The molecule has 0 aliphatic heterocycles. The monoisotopic (exact) mass is 256 g/mol. The second-order valence-electron chi connectivity index (χ2n) is 7.16. The highest BCUT2D eigenvalue weighted by atomic mass is 16.1. The smallest absolute Gasteiger partial charge is 0.155 e. The number of ketones is 1. The fraction of sp³-hybridized carbons (Fsp3) is 0.933. The van der Waals surface area contributed by atoms with E-state index in [-0.39, 0.29) is 17.0 Å². The van der Waals surface area contributed by atoms with E-state index in [2.05, 4.69) is 31.4 Å². The number of carbonyl (C=O) groups is 1. The molecule has 0 bridgehead atoms. The van der Waals surface area contributed by atoms with Gasteiger partial charge in [0.05, 0.1) is 6.04 Å². The van der Waals surface area contributed by atoms with E-state index in [9.17, 15) is 4.79 Å². The molecule has 0 fully saturated rings. The molecule has 0 heterocycles. The van der Waals surface area contributed by atoms with Gasteiger partial charge in [0, 0.05) is 11.0 Å². The lowest BCUT2D eigenvalue weighted by Gasteiger charge is -2.31. The number of Topliss-reactive ketones (excluding diaryl/α,β-unsaturated/α-hetero) is 1. The lowest BCUT2D eigenvalue weighted by Crippen LogP contribution is -2.50. The normalized spacial score (nSPS) is 14.6. The standard InChI is InChI=1S/C15H32N2O/c1-14(2,3)13(18)12(17-15(4,5)6)10-8-9-11-16-7/h12,16-17H,8-11H2,1-7H3/t12-/m0/s1. The highest BCUT2D eigenvalue weighted by Gasteiger charge is 2.31. The molecule has 0 aromatic heterocycles. The van der Waals surface area contributed by atoms with E-state index in [0.29, 0.717) is 5.78 Å². The van der Waals surface area contributed by atoms with Gasteiger partial charge < -0.3 is 10.6 Å². The van der Waals surface area contributed by atoms with Crippen molar-refractivity contribution in [3.8, 4) is 0 Å². The second-order valence-corrected chi connectivity index (χ2v) is 7.16. The molecule has 0 amide bonds. The maximum absolute atomic E-state index is 12.4. The van der Waals surface area contributed by atoms with Crippen LogP contribution in [0.4, 0.5) is 0 Å². The lowest BCUT2D eigenvalue weighted by molar-refractivity contribution is -0.129. The largest absolute Gasteiger partial charge is 0.320 e. The van der Waals surface area contributed by atoms with Crippen molar-refractivity contribution in [2.75, 3.05) is 13.6 Å². The first-order chi connectivity index (χ1) is 8.08. The SMILES string of the molecule is CNCCCC[C@H](NC(C)(C)C)C(=O)C(C)(C)C. The fourth-order valence-electron chi connectivity index (χ4n) is 1.96. The van der Waals surface area contributed by atoms with Crippen molar-refractivity contribution in [3.63, 3.8) is 0 Å². The summed E-state index contributed by atoms with van der Waals surface area (Å²) in [6.45, 7) is 13.4. The first-order valence-electron chi connectivity index (χ1n) is 7.04. The molecule has 0 aromatic carbocycles. The lowest BCUT2D eigenvalue weighted by atomic mass is 9.84. The third-order valence-corrected chi connectivity index (χ3v) is 2.83. The summed E-state index contributed by atoms with van der Waals surface area (Å²) >= 11 is 0. The summed E-state index contributed by atoms with van der Waals surface area (Å²) in [5, 5.41) is 6.61. The van der Waals surface area contributed by atoms with Crippen molar-refractivity contribution in [1.82, 2.24) is 10.6 Å². The van der Waals surface area contributed by atoms with Gasteiger partial charge in [0.25, 0.3) is 0 Å². The Hall–Kier alpha value is -0.410. The van der Waals surface area contributed by atoms with Gasteiger partial charge >= 0.3 is 0 Å².